The second-order valence-electron chi connectivity index (χ2n) is 6.76. The third-order valence-corrected chi connectivity index (χ3v) is 4.22. The maximum absolute atomic E-state index is 12.5. The standard InChI is InChI=1S/C22H24N4O/c1-15(2)18-9-11-19(12-10-18)26-21-13-20(24-16(3)25-21)22(27)23-14-17-7-5-4-6-8-17/h4-13,15H,14H2,1-3H3,(H,23,27)(H,24,25,26). The molecule has 0 bridgehead atoms. The lowest BCUT2D eigenvalue weighted by molar-refractivity contribution is 0.0945. The first-order valence-electron chi connectivity index (χ1n) is 9.06. The summed E-state index contributed by atoms with van der Waals surface area (Å²) in [6, 6.07) is 19.7. The minimum Gasteiger partial charge on any atom is -0.347 e. The molecular weight excluding hydrogens is 336 g/mol. The minimum atomic E-state index is -0.220. The van der Waals surface area contributed by atoms with Crippen LogP contribution in [0.5, 0.6) is 0 Å². The van der Waals surface area contributed by atoms with Crippen molar-refractivity contribution in [1.82, 2.24) is 15.3 Å². The van der Waals surface area contributed by atoms with Gasteiger partial charge in [0.2, 0.25) is 0 Å². The van der Waals surface area contributed by atoms with Gasteiger partial charge in [0.1, 0.15) is 17.3 Å². The molecule has 2 aromatic carbocycles. The highest BCUT2D eigenvalue weighted by molar-refractivity contribution is 5.93. The van der Waals surface area contributed by atoms with E-state index in [1.165, 1.54) is 5.56 Å². The van der Waals surface area contributed by atoms with E-state index in [1.807, 2.05) is 42.5 Å². The summed E-state index contributed by atoms with van der Waals surface area (Å²) in [6.45, 7) is 6.57. The monoisotopic (exact) mass is 360 g/mol. The van der Waals surface area contributed by atoms with E-state index in [0.717, 1.165) is 11.3 Å². The fourth-order valence-electron chi connectivity index (χ4n) is 2.72. The number of nitrogens with one attached hydrogen (secondary N) is 2. The van der Waals surface area contributed by atoms with Crippen molar-refractivity contribution in [2.75, 3.05) is 5.32 Å². The zero-order chi connectivity index (χ0) is 19.2. The smallest absolute Gasteiger partial charge is 0.270 e. The number of aromatic nitrogens is 2. The van der Waals surface area contributed by atoms with Gasteiger partial charge in [-0.3, -0.25) is 4.79 Å². The SMILES string of the molecule is Cc1nc(Nc2ccc(C(C)C)cc2)cc(C(=O)NCc2ccccc2)n1. The lowest BCUT2D eigenvalue weighted by Gasteiger charge is -2.11. The van der Waals surface area contributed by atoms with E-state index in [0.29, 0.717) is 29.8 Å². The Hall–Kier alpha value is -3.21. The molecule has 0 fully saturated rings. The highest BCUT2D eigenvalue weighted by Crippen LogP contribution is 2.20. The molecule has 1 aromatic heterocycles. The van der Waals surface area contributed by atoms with Crippen LogP contribution in [0, 0.1) is 6.92 Å². The van der Waals surface area contributed by atoms with Crippen LogP contribution in [0.25, 0.3) is 0 Å². The molecule has 3 rings (SSSR count). The third-order valence-electron chi connectivity index (χ3n) is 4.22. The lowest BCUT2D eigenvalue weighted by Crippen LogP contribution is -2.24. The van der Waals surface area contributed by atoms with E-state index in [2.05, 4.69) is 46.6 Å². The highest BCUT2D eigenvalue weighted by Gasteiger charge is 2.11. The Morgan fingerprint density at radius 3 is 2.37 bits per heavy atom. The average Bonchev–Trinajstić information content (AvgIpc) is 2.67. The molecule has 0 aliphatic heterocycles. The summed E-state index contributed by atoms with van der Waals surface area (Å²) in [6.07, 6.45) is 0. The Bertz CT molecular complexity index is 905. The van der Waals surface area contributed by atoms with E-state index >= 15 is 0 Å². The molecule has 0 saturated heterocycles. The second kappa shape index (κ2) is 8.45. The van der Waals surface area contributed by atoms with Crippen LogP contribution in [0.2, 0.25) is 0 Å². The van der Waals surface area contributed by atoms with Crippen molar-refractivity contribution in [2.24, 2.45) is 0 Å². The number of anilines is 2. The first-order valence-corrected chi connectivity index (χ1v) is 9.06. The fourth-order valence-corrected chi connectivity index (χ4v) is 2.72. The third kappa shape index (κ3) is 5.14. The number of carbonyl (C=O) groups excluding carboxylic acids is 1. The van der Waals surface area contributed by atoms with Crippen LogP contribution in [-0.2, 0) is 6.54 Å². The molecule has 1 amide bonds. The Morgan fingerprint density at radius 2 is 1.70 bits per heavy atom. The molecule has 5 heteroatoms. The van der Waals surface area contributed by atoms with Crippen molar-refractivity contribution in [3.8, 4) is 0 Å². The zero-order valence-electron chi connectivity index (χ0n) is 15.9. The second-order valence-corrected chi connectivity index (χ2v) is 6.76. The Labute approximate surface area is 159 Å². The van der Waals surface area contributed by atoms with Crippen molar-refractivity contribution in [3.63, 3.8) is 0 Å². The molecular formula is C22H24N4O. The van der Waals surface area contributed by atoms with Crippen molar-refractivity contribution in [2.45, 2.75) is 33.2 Å². The summed E-state index contributed by atoms with van der Waals surface area (Å²) in [5.74, 6) is 1.41. The van der Waals surface area contributed by atoms with Gasteiger partial charge < -0.3 is 10.6 Å². The first-order chi connectivity index (χ1) is 13.0. The topological polar surface area (TPSA) is 66.9 Å². The summed E-state index contributed by atoms with van der Waals surface area (Å²) < 4.78 is 0. The van der Waals surface area contributed by atoms with E-state index in [4.69, 9.17) is 0 Å². The van der Waals surface area contributed by atoms with Gasteiger partial charge in [-0.15, -0.1) is 0 Å². The Kier molecular flexibility index (Phi) is 5.81. The molecule has 0 radical (unpaired) electrons. The van der Waals surface area contributed by atoms with Crippen molar-refractivity contribution < 1.29 is 4.79 Å². The van der Waals surface area contributed by atoms with Gasteiger partial charge in [-0.1, -0.05) is 56.3 Å². The van der Waals surface area contributed by atoms with Crippen LogP contribution in [-0.4, -0.2) is 15.9 Å². The number of rotatable bonds is 6. The van der Waals surface area contributed by atoms with Gasteiger partial charge in [-0.25, -0.2) is 9.97 Å². The largest absolute Gasteiger partial charge is 0.347 e. The number of amides is 1. The van der Waals surface area contributed by atoms with Crippen LogP contribution >= 0.6 is 0 Å². The fraction of sp³-hybridized carbons (Fsp3) is 0.227. The molecule has 0 aliphatic rings. The minimum absolute atomic E-state index is 0.220. The molecule has 0 aliphatic carbocycles. The predicted octanol–water partition coefficient (Wildman–Crippen LogP) is 4.58. The van der Waals surface area contributed by atoms with E-state index in [9.17, 15) is 4.79 Å². The summed E-state index contributed by atoms with van der Waals surface area (Å²) in [5.41, 5.74) is 3.59. The molecule has 0 spiro atoms. The van der Waals surface area contributed by atoms with E-state index in [1.54, 1.807) is 13.0 Å². The zero-order valence-corrected chi connectivity index (χ0v) is 15.9. The summed E-state index contributed by atoms with van der Waals surface area (Å²) in [4.78, 5) is 21.1. The van der Waals surface area contributed by atoms with Gasteiger partial charge in [-0.2, -0.15) is 0 Å². The molecule has 0 atom stereocenters. The first kappa shape index (κ1) is 18.6. The van der Waals surface area contributed by atoms with Gasteiger partial charge >= 0.3 is 0 Å². The quantitative estimate of drug-likeness (QED) is 0.675. The summed E-state index contributed by atoms with van der Waals surface area (Å²) >= 11 is 0. The van der Waals surface area contributed by atoms with Crippen LogP contribution in [0.15, 0.2) is 60.7 Å². The number of aryl methyl sites for hydroxylation is 1. The molecule has 1 heterocycles. The molecule has 2 N–H and O–H groups in total. The van der Waals surface area contributed by atoms with Crippen LogP contribution in [0.3, 0.4) is 0 Å². The maximum atomic E-state index is 12.5. The van der Waals surface area contributed by atoms with Gasteiger partial charge in [0.05, 0.1) is 0 Å². The number of carbonyl (C=O) groups is 1. The van der Waals surface area contributed by atoms with Crippen molar-refractivity contribution >= 4 is 17.4 Å². The molecule has 138 valence electrons. The molecule has 0 unspecified atom stereocenters. The lowest BCUT2D eigenvalue weighted by atomic mass is 10.0. The average molecular weight is 360 g/mol. The van der Waals surface area contributed by atoms with Crippen LogP contribution in [0.1, 0.15) is 47.2 Å². The van der Waals surface area contributed by atoms with Crippen LogP contribution in [0.4, 0.5) is 11.5 Å². The van der Waals surface area contributed by atoms with E-state index in [-0.39, 0.29) is 5.91 Å². The number of benzene rings is 2. The number of nitrogens with zero attached hydrogens (tertiary/aromatic N) is 2. The molecule has 5 nitrogen and oxygen atoms in total. The van der Waals surface area contributed by atoms with Gasteiger partial charge in [0.15, 0.2) is 0 Å². The number of hydrogen-bond acceptors (Lipinski definition) is 4. The van der Waals surface area contributed by atoms with Gasteiger partial charge in [0, 0.05) is 18.3 Å². The van der Waals surface area contributed by atoms with E-state index < -0.39 is 0 Å². The normalized spacial score (nSPS) is 10.7. The molecule has 0 saturated carbocycles. The molecule has 3 aromatic rings. The highest BCUT2D eigenvalue weighted by atomic mass is 16.1. The number of hydrogen-bond donors (Lipinski definition) is 2. The van der Waals surface area contributed by atoms with Crippen molar-refractivity contribution in [1.29, 1.82) is 0 Å². The van der Waals surface area contributed by atoms with Crippen molar-refractivity contribution in [3.05, 3.63) is 83.3 Å². The Morgan fingerprint density at radius 1 is 1.00 bits per heavy atom. The molecule has 27 heavy (non-hydrogen) atoms. The maximum Gasteiger partial charge on any atom is 0.270 e. The predicted molar refractivity (Wildman–Crippen MR) is 108 cm³/mol. The Balaban J connectivity index is 1.70. The van der Waals surface area contributed by atoms with Gasteiger partial charge in [-0.05, 0) is 36.1 Å². The summed E-state index contributed by atoms with van der Waals surface area (Å²) in [5, 5.41) is 6.15. The van der Waals surface area contributed by atoms with Gasteiger partial charge in [0.25, 0.3) is 5.91 Å². The summed E-state index contributed by atoms with van der Waals surface area (Å²) in [7, 11) is 0. The van der Waals surface area contributed by atoms with Crippen LogP contribution < -0.4 is 10.6 Å².